The molecule has 2 rings (SSSR count). The molecule has 0 aliphatic heterocycles. The van der Waals surface area contributed by atoms with Crippen molar-refractivity contribution in [2.24, 2.45) is 0 Å². The van der Waals surface area contributed by atoms with Gasteiger partial charge in [0.2, 0.25) is 0 Å². The molecule has 0 aromatic heterocycles. The first kappa shape index (κ1) is 11.6. The van der Waals surface area contributed by atoms with Gasteiger partial charge >= 0.3 is 0 Å². The van der Waals surface area contributed by atoms with E-state index in [1.807, 2.05) is 19.9 Å². The third kappa shape index (κ3) is 2.72. The van der Waals surface area contributed by atoms with Crippen LogP contribution in [0.15, 0.2) is 36.4 Å². The lowest BCUT2D eigenvalue weighted by molar-refractivity contribution is 0.415. The number of aryl methyl sites for hydroxylation is 1. The molecule has 2 aromatic rings. The van der Waals surface area contributed by atoms with E-state index in [1.54, 1.807) is 7.11 Å². The zero-order chi connectivity index (χ0) is 11.3. The summed E-state index contributed by atoms with van der Waals surface area (Å²) >= 11 is 0. The number of benzene rings is 2. The molecular weight excluding hydrogens is 184 g/mol. The Kier molecular flexibility index (Phi) is 4.17. The quantitative estimate of drug-likeness (QED) is 0.674. The number of rotatable bonds is 1. The van der Waals surface area contributed by atoms with Crippen molar-refractivity contribution in [3.8, 4) is 5.75 Å². The fourth-order valence-electron chi connectivity index (χ4n) is 1.47. The Morgan fingerprint density at radius 3 is 2.13 bits per heavy atom. The maximum absolute atomic E-state index is 5.15. The molecule has 1 nitrogen and oxygen atoms in total. The number of hydrogen-bond donors (Lipinski definition) is 0. The van der Waals surface area contributed by atoms with E-state index in [1.165, 1.54) is 16.3 Å². The molecule has 0 radical (unpaired) electrons. The van der Waals surface area contributed by atoms with Crippen LogP contribution in [-0.2, 0) is 0 Å². The molecule has 15 heavy (non-hydrogen) atoms. The summed E-state index contributed by atoms with van der Waals surface area (Å²) in [6, 6.07) is 12.5. The molecule has 0 bridgehead atoms. The van der Waals surface area contributed by atoms with Crippen molar-refractivity contribution in [1.82, 2.24) is 0 Å². The average Bonchev–Trinajstić information content (AvgIpc) is 2.31. The average molecular weight is 202 g/mol. The number of hydrogen-bond acceptors (Lipinski definition) is 1. The van der Waals surface area contributed by atoms with Crippen LogP contribution in [0.1, 0.15) is 19.4 Å². The minimum absolute atomic E-state index is 0.913. The Bertz CT molecular complexity index is 432. The van der Waals surface area contributed by atoms with E-state index in [0.717, 1.165) is 5.75 Å². The van der Waals surface area contributed by atoms with Gasteiger partial charge in [-0.25, -0.2) is 0 Å². The minimum Gasteiger partial charge on any atom is -0.497 e. The Morgan fingerprint density at radius 1 is 0.867 bits per heavy atom. The lowest BCUT2D eigenvalue weighted by Crippen LogP contribution is -1.82. The van der Waals surface area contributed by atoms with Gasteiger partial charge in [0.15, 0.2) is 0 Å². The van der Waals surface area contributed by atoms with Gasteiger partial charge in [-0.05, 0) is 29.8 Å². The Hall–Kier alpha value is -1.50. The SMILES string of the molecule is CC.COc1ccc2cc(C)ccc2c1. The predicted molar refractivity (Wildman–Crippen MR) is 66.6 cm³/mol. The van der Waals surface area contributed by atoms with Crippen LogP contribution in [0.4, 0.5) is 0 Å². The lowest BCUT2D eigenvalue weighted by Gasteiger charge is -2.02. The first-order chi connectivity index (χ1) is 7.29. The maximum Gasteiger partial charge on any atom is 0.119 e. The van der Waals surface area contributed by atoms with Crippen molar-refractivity contribution in [2.45, 2.75) is 20.8 Å². The molecular formula is C14H18O. The first-order valence-electron chi connectivity index (χ1n) is 5.34. The molecule has 0 saturated heterocycles. The van der Waals surface area contributed by atoms with Crippen molar-refractivity contribution in [3.05, 3.63) is 42.0 Å². The molecule has 2 aromatic carbocycles. The third-order valence-electron chi connectivity index (χ3n) is 2.20. The zero-order valence-electron chi connectivity index (χ0n) is 9.87. The second-order valence-corrected chi connectivity index (χ2v) is 3.22. The number of methoxy groups -OCH3 is 1. The highest BCUT2D eigenvalue weighted by atomic mass is 16.5. The van der Waals surface area contributed by atoms with Gasteiger partial charge in [0, 0.05) is 0 Å². The molecule has 0 aliphatic rings. The van der Waals surface area contributed by atoms with Gasteiger partial charge in [0.25, 0.3) is 0 Å². The molecule has 1 heteroatoms. The predicted octanol–water partition coefficient (Wildman–Crippen LogP) is 4.18. The van der Waals surface area contributed by atoms with Crippen molar-refractivity contribution < 1.29 is 4.74 Å². The fraction of sp³-hybridized carbons (Fsp3) is 0.286. The summed E-state index contributed by atoms with van der Waals surface area (Å²) in [7, 11) is 1.69. The van der Waals surface area contributed by atoms with Gasteiger partial charge in [0.1, 0.15) is 5.75 Å². The lowest BCUT2D eigenvalue weighted by atomic mass is 10.1. The second-order valence-electron chi connectivity index (χ2n) is 3.22. The van der Waals surface area contributed by atoms with Crippen LogP contribution in [0.25, 0.3) is 10.8 Å². The second kappa shape index (κ2) is 5.40. The van der Waals surface area contributed by atoms with Crippen molar-refractivity contribution in [1.29, 1.82) is 0 Å². The zero-order valence-corrected chi connectivity index (χ0v) is 9.87. The summed E-state index contributed by atoms with van der Waals surface area (Å²) in [6.45, 7) is 6.10. The van der Waals surface area contributed by atoms with Crippen LogP contribution in [-0.4, -0.2) is 7.11 Å². The molecule has 0 amide bonds. The highest BCUT2D eigenvalue weighted by molar-refractivity contribution is 5.84. The molecule has 0 fully saturated rings. The van der Waals surface area contributed by atoms with Crippen LogP contribution in [0.3, 0.4) is 0 Å². The first-order valence-corrected chi connectivity index (χ1v) is 5.34. The Balaban J connectivity index is 0.000000531. The molecule has 0 N–H and O–H groups in total. The standard InChI is InChI=1S/C12H12O.C2H6/c1-9-3-4-11-8-12(13-2)6-5-10(11)7-9;1-2/h3-8H,1-2H3;1-2H3. The molecule has 80 valence electrons. The molecule has 0 aliphatic carbocycles. The van der Waals surface area contributed by atoms with E-state index in [9.17, 15) is 0 Å². The normalized spacial score (nSPS) is 9.33. The Labute approximate surface area is 91.7 Å². The Morgan fingerprint density at radius 2 is 1.47 bits per heavy atom. The summed E-state index contributed by atoms with van der Waals surface area (Å²) in [5, 5.41) is 2.49. The van der Waals surface area contributed by atoms with E-state index in [2.05, 4.69) is 37.3 Å². The largest absolute Gasteiger partial charge is 0.497 e. The third-order valence-corrected chi connectivity index (χ3v) is 2.20. The maximum atomic E-state index is 5.15. The van der Waals surface area contributed by atoms with E-state index in [0.29, 0.717) is 0 Å². The summed E-state index contributed by atoms with van der Waals surface area (Å²) in [4.78, 5) is 0. The van der Waals surface area contributed by atoms with Gasteiger partial charge in [-0.1, -0.05) is 43.7 Å². The smallest absolute Gasteiger partial charge is 0.119 e. The summed E-state index contributed by atoms with van der Waals surface area (Å²) in [5.74, 6) is 0.913. The fourth-order valence-corrected chi connectivity index (χ4v) is 1.47. The topological polar surface area (TPSA) is 9.23 Å². The highest BCUT2D eigenvalue weighted by Crippen LogP contribution is 2.21. The van der Waals surface area contributed by atoms with Crippen LogP contribution >= 0.6 is 0 Å². The van der Waals surface area contributed by atoms with E-state index in [4.69, 9.17) is 4.74 Å². The molecule has 0 atom stereocenters. The van der Waals surface area contributed by atoms with Gasteiger partial charge in [0.05, 0.1) is 7.11 Å². The minimum atomic E-state index is 0.913. The van der Waals surface area contributed by atoms with E-state index in [-0.39, 0.29) is 0 Å². The van der Waals surface area contributed by atoms with Gasteiger partial charge in [-0.15, -0.1) is 0 Å². The number of ether oxygens (including phenoxy) is 1. The summed E-state index contributed by atoms with van der Waals surface area (Å²) < 4.78 is 5.15. The van der Waals surface area contributed by atoms with Gasteiger partial charge in [-0.2, -0.15) is 0 Å². The summed E-state index contributed by atoms with van der Waals surface area (Å²) in [6.07, 6.45) is 0. The highest BCUT2D eigenvalue weighted by Gasteiger charge is 1.95. The van der Waals surface area contributed by atoms with Crippen LogP contribution in [0.5, 0.6) is 5.75 Å². The van der Waals surface area contributed by atoms with E-state index < -0.39 is 0 Å². The number of fused-ring (bicyclic) bond motifs is 1. The molecule has 0 saturated carbocycles. The van der Waals surface area contributed by atoms with Crippen molar-refractivity contribution >= 4 is 10.8 Å². The monoisotopic (exact) mass is 202 g/mol. The van der Waals surface area contributed by atoms with Crippen LogP contribution in [0.2, 0.25) is 0 Å². The molecule has 0 unspecified atom stereocenters. The van der Waals surface area contributed by atoms with Gasteiger partial charge in [-0.3, -0.25) is 0 Å². The molecule has 0 heterocycles. The van der Waals surface area contributed by atoms with Gasteiger partial charge < -0.3 is 4.74 Å². The molecule has 0 spiro atoms. The van der Waals surface area contributed by atoms with Crippen LogP contribution < -0.4 is 4.74 Å². The van der Waals surface area contributed by atoms with Crippen molar-refractivity contribution in [2.75, 3.05) is 7.11 Å². The van der Waals surface area contributed by atoms with Crippen LogP contribution in [0, 0.1) is 6.92 Å². The summed E-state index contributed by atoms with van der Waals surface area (Å²) in [5.41, 5.74) is 1.29. The van der Waals surface area contributed by atoms with Crippen molar-refractivity contribution in [3.63, 3.8) is 0 Å². The van der Waals surface area contributed by atoms with E-state index >= 15 is 0 Å².